The summed E-state index contributed by atoms with van der Waals surface area (Å²) < 4.78 is 13.5. The van der Waals surface area contributed by atoms with Crippen molar-refractivity contribution in [3.63, 3.8) is 0 Å². The van der Waals surface area contributed by atoms with E-state index in [1.807, 2.05) is 24.3 Å². The van der Waals surface area contributed by atoms with E-state index in [0.717, 1.165) is 23.1 Å². The van der Waals surface area contributed by atoms with Gasteiger partial charge in [0.15, 0.2) is 0 Å². The lowest BCUT2D eigenvalue weighted by Gasteiger charge is -2.37. The average Bonchev–Trinajstić information content (AvgIpc) is 2.70. The number of benzene rings is 1. The van der Waals surface area contributed by atoms with Crippen LogP contribution in [0.1, 0.15) is 33.1 Å². The summed E-state index contributed by atoms with van der Waals surface area (Å²) in [5.41, 5.74) is -1.08. The molecule has 1 heterocycles. The number of hydrogen-bond acceptors (Lipinski definition) is 4. The van der Waals surface area contributed by atoms with Crippen molar-refractivity contribution in [2.45, 2.75) is 44.0 Å². The molecule has 0 bridgehead atoms. The third-order valence-corrected chi connectivity index (χ3v) is 10.6. The van der Waals surface area contributed by atoms with E-state index in [0.29, 0.717) is 5.92 Å². The fraction of sp³-hybridized carbons (Fsp3) is 0.500. The van der Waals surface area contributed by atoms with Crippen molar-refractivity contribution in [3.8, 4) is 5.75 Å². The van der Waals surface area contributed by atoms with Gasteiger partial charge in [0.1, 0.15) is 5.75 Å². The molecule has 120 valence electrons. The van der Waals surface area contributed by atoms with Crippen LogP contribution >= 0.6 is 33.0 Å². The minimum absolute atomic E-state index is 0.0802. The summed E-state index contributed by atoms with van der Waals surface area (Å²) in [5, 5.41) is 0. The number of hydrogen-bond donors (Lipinski definition) is 0. The summed E-state index contributed by atoms with van der Waals surface area (Å²) >= 11 is 11.0. The predicted molar refractivity (Wildman–Crippen MR) is 102 cm³/mol. The monoisotopic (exact) mass is 418 g/mol. The predicted octanol–water partition coefficient (Wildman–Crippen LogP) is 6.32. The smallest absolute Gasteiger partial charge is 0.298 e. The Hall–Kier alpha value is 0.200. The molecular formula is C16H20BrO2PS2. The fourth-order valence-corrected chi connectivity index (χ4v) is 10.6. The second-order valence-corrected chi connectivity index (χ2v) is 13.8. The zero-order valence-corrected chi connectivity index (χ0v) is 16.9. The highest BCUT2D eigenvalue weighted by atomic mass is 79.9. The molecular weight excluding hydrogens is 399 g/mol. The standard InChI is InChI=1S/C16H20BrO2PS2/c1-11(2)12-8-9-16(3)15(10-12)19-20(21,22-16)18-14-6-4-13(17)5-7-14/h4-7,12,15H,1,8-10H2,2-3H3/t12-,15-,16+,20-/m1/s1. The molecule has 0 spiro atoms. The summed E-state index contributed by atoms with van der Waals surface area (Å²) in [7, 11) is 0. The molecule has 1 aromatic carbocycles. The van der Waals surface area contributed by atoms with E-state index < -0.39 is 5.69 Å². The molecule has 3 rings (SSSR count). The van der Waals surface area contributed by atoms with Gasteiger partial charge in [0.25, 0.3) is 5.69 Å². The molecule has 0 aromatic heterocycles. The molecule has 1 saturated heterocycles. The van der Waals surface area contributed by atoms with Crippen LogP contribution in [0.2, 0.25) is 0 Å². The molecule has 2 fully saturated rings. The lowest BCUT2D eigenvalue weighted by molar-refractivity contribution is 0.119. The van der Waals surface area contributed by atoms with Gasteiger partial charge in [-0.3, -0.25) is 0 Å². The highest BCUT2D eigenvalue weighted by molar-refractivity contribution is 9.10. The highest BCUT2D eigenvalue weighted by Gasteiger charge is 2.53. The van der Waals surface area contributed by atoms with Gasteiger partial charge in [-0.15, -0.1) is 0 Å². The Bertz CT molecular complexity index is 634. The number of fused-ring (bicyclic) bond motifs is 1. The van der Waals surface area contributed by atoms with E-state index in [1.165, 1.54) is 12.0 Å². The minimum Gasteiger partial charge on any atom is -0.436 e. The van der Waals surface area contributed by atoms with Crippen molar-refractivity contribution < 1.29 is 9.05 Å². The van der Waals surface area contributed by atoms with E-state index in [9.17, 15) is 0 Å². The van der Waals surface area contributed by atoms with Crippen molar-refractivity contribution in [1.29, 1.82) is 0 Å². The van der Waals surface area contributed by atoms with Gasteiger partial charge in [0.2, 0.25) is 0 Å². The zero-order valence-electron chi connectivity index (χ0n) is 12.8. The largest absolute Gasteiger partial charge is 0.436 e. The van der Waals surface area contributed by atoms with Crippen LogP contribution in [0.4, 0.5) is 0 Å². The normalized spacial score (nSPS) is 37.6. The maximum Gasteiger partial charge on any atom is 0.298 e. The summed E-state index contributed by atoms with van der Waals surface area (Å²) in [5.74, 6) is 1.34. The SMILES string of the molecule is C=C(C)[C@@H]1CC[C@]2(C)S[P@](=S)(Oc3ccc(Br)cc3)O[C@@H]2C1. The molecule has 0 radical (unpaired) electrons. The second-order valence-electron chi connectivity index (χ2n) is 6.31. The van der Waals surface area contributed by atoms with Gasteiger partial charge >= 0.3 is 0 Å². The van der Waals surface area contributed by atoms with Crippen molar-refractivity contribution >= 4 is 44.8 Å². The molecule has 0 N–H and O–H groups in total. The van der Waals surface area contributed by atoms with Crippen LogP contribution < -0.4 is 4.52 Å². The highest BCUT2D eigenvalue weighted by Crippen LogP contribution is 2.74. The Labute approximate surface area is 150 Å². The molecule has 6 heteroatoms. The lowest BCUT2D eigenvalue weighted by Crippen LogP contribution is -2.39. The van der Waals surface area contributed by atoms with E-state index in [2.05, 4.69) is 36.4 Å². The van der Waals surface area contributed by atoms with Crippen LogP contribution in [-0.2, 0) is 16.3 Å². The molecule has 1 aromatic rings. The van der Waals surface area contributed by atoms with Crippen LogP contribution in [0.25, 0.3) is 0 Å². The van der Waals surface area contributed by atoms with Gasteiger partial charge in [-0.2, -0.15) is 0 Å². The first kappa shape index (κ1) is 17.0. The van der Waals surface area contributed by atoms with Gasteiger partial charge in [-0.05, 0) is 86.5 Å². The van der Waals surface area contributed by atoms with Crippen molar-refractivity contribution in [2.75, 3.05) is 0 Å². The van der Waals surface area contributed by atoms with Gasteiger partial charge in [-0.1, -0.05) is 28.1 Å². The molecule has 4 atom stereocenters. The minimum atomic E-state index is -2.33. The summed E-state index contributed by atoms with van der Waals surface area (Å²) in [6, 6.07) is 7.79. The third-order valence-electron chi connectivity index (χ3n) is 4.47. The van der Waals surface area contributed by atoms with Crippen molar-refractivity contribution in [3.05, 3.63) is 40.9 Å². The Kier molecular flexibility index (Phi) is 4.84. The molecule has 2 nitrogen and oxygen atoms in total. The van der Waals surface area contributed by atoms with Gasteiger partial charge in [-0.25, -0.2) is 0 Å². The molecule has 1 aliphatic carbocycles. The van der Waals surface area contributed by atoms with Crippen molar-refractivity contribution in [1.82, 2.24) is 0 Å². The average molecular weight is 419 g/mol. The maximum atomic E-state index is 6.28. The van der Waals surface area contributed by atoms with Gasteiger partial charge in [0.05, 0.1) is 10.9 Å². The Balaban J connectivity index is 1.76. The number of allylic oxidation sites excluding steroid dienone is 1. The van der Waals surface area contributed by atoms with Crippen LogP contribution in [0, 0.1) is 5.92 Å². The first-order chi connectivity index (χ1) is 10.3. The van der Waals surface area contributed by atoms with Crippen LogP contribution in [0.15, 0.2) is 40.9 Å². The number of halogens is 1. The van der Waals surface area contributed by atoms with Crippen LogP contribution in [0.3, 0.4) is 0 Å². The van der Waals surface area contributed by atoms with Crippen molar-refractivity contribution in [2.24, 2.45) is 5.92 Å². The summed E-state index contributed by atoms with van der Waals surface area (Å²) in [6.45, 7) is 8.50. The molecule has 22 heavy (non-hydrogen) atoms. The summed E-state index contributed by atoms with van der Waals surface area (Å²) in [6.07, 6.45) is 3.48. The maximum absolute atomic E-state index is 6.28. The second kappa shape index (κ2) is 6.25. The molecule has 0 unspecified atom stereocenters. The Morgan fingerprint density at radius 2 is 2.18 bits per heavy atom. The molecule has 0 amide bonds. The quantitative estimate of drug-likeness (QED) is 0.422. The van der Waals surface area contributed by atoms with E-state index in [1.54, 1.807) is 11.4 Å². The summed E-state index contributed by atoms with van der Waals surface area (Å²) in [4.78, 5) is 0. The van der Waals surface area contributed by atoms with E-state index in [4.69, 9.17) is 20.9 Å². The zero-order chi connectivity index (χ0) is 16.0. The molecule has 1 saturated carbocycles. The third kappa shape index (κ3) is 3.49. The molecule has 1 aliphatic heterocycles. The van der Waals surface area contributed by atoms with Gasteiger partial charge in [0, 0.05) is 4.47 Å². The first-order valence-corrected chi connectivity index (χ1v) is 12.2. The topological polar surface area (TPSA) is 18.5 Å². The van der Waals surface area contributed by atoms with Crippen LogP contribution in [0.5, 0.6) is 5.75 Å². The Morgan fingerprint density at radius 3 is 2.82 bits per heavy atom. The van der Waals surface area contributed by atoms with Gasteiger partial charge < -0.3 is 9.05 Å². The Morgan fingerprint density at radius 1 is 1.50 bits per heavy atom. The lowest BCUT2D eigenvalue weighted by atomic mass is 9.77. The number of rotatable bonds is 3. The fourth-order valence-electron chi connectivity index (χ4n) is 3.05. The molecule has 2 aliphatic rings. The van der Waals surface area contributed by atoms with E-state index in [-0.39, 0.29) is 10.9 Å². The first-order valence-electron chi connectivity index (χ1n) is 7.39. The van der Waals surface area contributed by atoms with Crippen LogP contribution in [-0.4, -0.2) is 10.9 Å². The van der Waals surface area contributed by atoms with E-state index >= 15 is 0 Å².